The van der Waals surface area contributed by atoms with Crippen LogP contribution in [0.5, 0.6) is 0 Å². The van der Waals surface area contributed by atoms with E-state index in [0.29, 0.717) is 0 Å². The van der Waals surface area contributed by atoms with Crippen LogP contribution in [0.4, 0.5) is 18.9 Å². The van der Waals surface area contributed by atoms with Crippen LogP contribution in [-0.4, -0.2) is 23.0 Å². The Morgan fingerprint density at radius 1 is 1.08 bits per heavy atom. The van der Waals surface area contributed by atoms with Crippen LogP contribution in [0.25, 0.3) is 0 Å². The molecule has 0 saturated carbocycles. The summed E-state index contributed by atoms with van der Waals surface area (Å²) in [4.78, 5) is 26.6. The molecular weight excluding hydrogens is 359 g/mol. The summed E-state index contributed by atoms with van der Waals surface area (Å²) in [6.07, 6.45) is -1.14. The first kappa shape index (κ1) is 16.6. The molecule has 2 saturated heterocycles. The molecule has 132 valence electrons. The van der Waals surface area contributed by atoms with E-state index in [-0.39, 0.29) is 10.7 Å². The first-order chi connectivity index (χ1) is 11.5. The highest BCUT2D eigenvalue weighted by atomic mass is 35.5. The number of carbonyl (C=O) groups excluding carboxylic acids is 2. The van der Waals surface area contributed by atoms with Crippen molar-refractivity contribution < 1.29 is 27.5 Å². The number of rotatable bonds is 1. The van der Waals surface area contributed by atoms with E-state index in [1.165, 1.54) is 0 Å². The maximum atomic E-state index is 13.0. The number of hydrogen-bond donors (Lipinski definition) is 0. The van der Waals surface area contributed by atoms with E-state index in [0.717, 1.165) is 23.1 Å². The Balaban J connectivity index is 1.82. The fourth-order valence-electron chi connectivity index (χ4n) is 4.13. The smallest absolute Gasteiger partial charge is 0.359 e. The maximum absolute atomic E-state index is 13.0. The van der Waals surface area contributed by atoms with Crippen LogP contribution in [0, 0.1) is 11.8 Å². The number of fused-ring (bicyclic) bond motifs is 5. The Morgan fingerprint density at radius 2 is 1.60 bits per heavy atom. The number of imide groups is 1. The lowest BCUT2D eigenvalue weighted by molar-refractivity contribution is -0.138. The van der Waals surface area contributed by atoms with Crippen LogP contribution in [-0.2, 0) is 20.5 Å². The van der Waals surface area contributed by atoms with Crippen LogP contribution in [0.15, 0.2) is 30.4 Å². The van der Waals surface area contributed by atoms with Crippen LogP contribution in [0.3, 0.4) is 0 Å². The first-order valence-electron chi connectivity index (χ1n) is 7.63. The molecule has 4 atom stereocenters. The molecule has 3 aliphatic heterocycles. The second-order valence-electron chi connectivity index (χ2n) is 6.93. The van der Waals surface area contributed by atoms with Gasteiger partial charge >= 0.3 is 6.18 Å². The summed E-state index contributed by atoms with van der Waals surface area (Å²) < 4.78 is 44.9. The number of nitrogens with zero attached hydrogens (tertiary/aromatic N) is 1. The zero-order chi connectivity index (χ0) is 18.4. The fourth-order valence-corrected chi connectivity index (χ4v) is 4.33. The van der Waals surface area contributed by atoms with Crippen molar-refractivity contribution in [3.05, 3.63) is 40.9 Å². The molecule has 8 heteroatoms. The molecule has 0 N–H and O–H groups in total. The van der Waals surface area contributed by atoms with Gasteiger partial charge in [-0.05, 0) is 32.0 Å². The van der Waals surface area contributed by atoms with Crippen molar-refractivity contribution >= 4 is 29.1 Å². The van der Waals surface area contributed by atoms with Gasteiger partial charge in [0.2, 0.25) is 11.8 Å². The molecule has 0 unspecified atom stereocenters. The van der Waals surface area contributed by atoms with Gasteiger partial charge in [0.1, 0.15) is 0 Å². The molecule has 0 radical (unpaired) electrons. The number of alkyl halides is 3. The lowest BCUT2D eigenvalue weighted by Gasteiger charge is -2.26. The first-order valence-corrected chi connectivity index (χ1v) is 8.01. The molecule has 3 heterocycles. The minimum absolute atomic E-state index is 0.0915. The van der Waals surface area contributed by atoms with Crippen LogP contribution in [0.1, 0.15) is 19.4 Å². The number of hydrogen-bond acceptors (Lipinski definition) is 3. The Kier molecular flexibility index (Phi) is 3.09. The SMILES string of the molecule is C[C@]12C=C[C@@](C)(O1)[C@H]1C(=O)N(c3cc(C(F)(F)F)ccc3Cl)C(=O)[C@@H]12. The summed E-state index contributed by atoms with van der Waals surface area (Å²) >= 11 is 6.01. The normalized spacial score (nSPS) is 36.5. The number of carbonyl (C=O) groups is 2. The number of halogens is 4. The number of ether oxygens (including phenoxy) is 1. The molecule has 4 rings (SSSR count). The van der Waals surface area contributed by atoms with Crippen molar-refractivity contribution in [1.29, 1.82) is 0 Å². The average molecular weight is 372 g/mol. The number of anilines is 1. The van der Waals surface area contributed by atoms with Gasteiger partial charge in [0.05, 0.1) is 39.3 Å². The largest absolute Gasteiger partial charge is 0.416 e. The van der Waals surface area contributed by atoms with Gasteiger partial charge in [-0.1, -0.05) is 23.8 Å². The monoisotopic (exact) mass is 371 g/mol. The van der Waals surface area contributed by atoms with Gasteiger partial charge < -0.3 is 4.74 Å². The predicted molar refractivity (Wildman–Crippen MR) is 83.0 cm³/mol. The minimum Gasteiger partial charge on any atom is -0.359 e. The van der Waals surface area contributed by atoms with Gasteiger partial charge in [0.25, 0.3) is 0 Å². The molecule has 25 heavy (non-hydrogen) atoms. The molecule has 2 fully saturated rings. The lowest BCUT2D eigenvalue weighted by atomic mass is 9.73. The predicted octanol–water partition coefficient (Wildman–Crippen LogP) is 3.58. The van der Waals surface area contributed by atoms with Gasteiger partial charge in [-0.15, -0.1) is 0 Å². The van der Waals surface area contributed by atoms with Crippen molar-refractivity contribution in [2.45, 2.75) is 31.2 Å². The second kappa shape index (κ2) is 4.65. The van der Waals surface area contributed by atoms with Crippen LogP contribution >= 0.6 is 11.6 Å². The van der Waals surface area contributed by atoms with E-state index in [1.54, 1.807) is 26.0 Å². The summed E-state index contributed by atoms with van der Waals surface area (Å²) in [7, 11) is 0. The lowest BCUT2D eigenvalue weighted by Crippen LogP contribution is -2.39. The van der Waals surface area contributed by atoms with Crippen molar-refractivity contribution in [3.63, 3.8) is 0 Å². The molecule has 1 aromatic carbocycles. The van der Waals surface area contributed by atoms with Crippen molar-refractivity contribution in [3.8, 4) is 0 Å². The Bertz CT molecular complexity index is 816. The summed E-state index contributed by atoms with van der Waals surface area (Å²) in [5.41, 5.74) is -3.11. The van der Waals surface area contributed by atoms with E-state index in [1.807, 2.05) is 0 Å². The third kappa shape index (κ3) is 2.05. The molecule has 0 aliphatic carbocycles. The van der Waals surface area contributed by atoms with E-state index in [9.17, 15) is 22.8 Å². The van der Waals surface area contributed by atoms with Gasteiger partial charge in [0.15, 0.2) is 0 Å². The van der Waals surface area contributed by atoms with E-state index < -0.39 is 46.6 Å². The highest BCUT2D eigenvalue weighted by molar-refractivity contribution is 6.36. The molecule has 2 bridgehead atoms. The number of amides is 2. The van der Waals surface area contributed by atoms with E-state index in [2.05, 4.69) is 0 Å². The summed E-state index contributed by atoms with van der Waals surface area (Å²) in [6, 6.07) is 2.59. The van der Waals surface area contributed by atoms with Gasteiger partial charge in [-0.25, -0.2) is 4.90 Å². The Morgan fingerprint density at radius 3 is 2.08 bits per heavy atom. The highest BCUT2D eigenvalue weighted by Gasteiger charge is 2.70. The molecule has 3 aliphatic rings. The van der Waals surface area contributed by atoms with Gasteiger partial charge in [0, 0.05) is 0 Å². The topological polar surface area (TPSA) is 46.6 Å². The van der Waals surface area contributed by atoms with Crippen molar-refractivity contribution in [2.24, 2.45) is 11.8 Å². The molecule has 0 spiro atoms. The molecule has 4 nitrogen and oxygen atoms in total. The molecule has 0 aromatic heterocycles. The molecule has 2 amide bonds. The standard InChI is InChI=1S/C17H13ClF3NO3/c1-15-5-6-16(2,25-15)12-11(15)13(23)22(14(12)24)10-7-8(17(19,20)21)3-4-9(10)18/h3-7,11-12H,1-2H3/t11-,12-,15-,16-/m1/s1. The van der Waals surface area contributed by atoms with Crippen LogP contribution in [0.2, 0.25) is 5.02 Å². The zero-order valence-corrected chi connectivity index (χ0v) is 14.0. The van der Waals surface area contributed by atoms with E-state index >= 15 is 0 Å². The second-order valence-corrected chi connectivity index (χ2v) is 7.34. The quantitative estimate of drug-likeness (QED) is 0.560. The summed E-state index contributed by atoms with van der Waals surface area (Å²) in [6.45, 7) is 3.39. The third-order valence-electron chi connectivity index (χ3n) is 5.24. The Hall–Kier alpha value is -1.86. The zero-order valence-electron chi connectivity index (χ0n) is 13.2. The van der Waals surface area contributed by atoms with Crippen molar-refractivity contribution in [2.75, 3.05) is 4.90 Å². The Labute approximate surface area is 146 Å². The van der Waals surface area contributed by atoms with Gasteiger partial charge in [-0.2, -0.15) is 13.2 Å². The molecular formula is C17H13ClF3NO3. The van der Waals surface area contributed by atoms with Gasteiger partial charge in [-0.3, -0.25) is 9.59 Å². The maximum Gasteiger partial charge on any atom is 0.416 e. The van der Waals surface area contributed by atoms with E-state index in [4.69, 9.17) is 16.3 Å². The molecule has 1 aromatic rings. The number of benzene rings is 1. The minimum atomic E-state index is -4.61. The van der Waals surface area contributed by atoms with Crippen LogP contribution < -0.4 is 4.90 Å². The summed E-state index contributed by atoms with van der Waals surface area (Å²) in [5.74, 6) is -2.74. The summed E-state index contributed by atoms with van der Waals surface area (Å²) in [5, 5.41) is -0.0915. The highest BCUT2D eigenvalue weighted by Crippen LogP contribution is 2.58. The fraction of sp³-hybridized carbons (Fsp3) is 0.412. The third-order valence-corrected chi connectivity index (χ3v) is 5.56. The average Bonchev–Trinajstić information content (AvgIpc) is 3.04. The van der Waals surface area contributed by atoms with Crippen molar-refractivity contribution in [1.82, 2.24) is 0 Å².